The van der Waals surface area contributed by atoms with E-state index in [0.717, 1.165) is 39.3 Å². The number of methoxy groups -OCH3 is 2. The van der Waals surface area contributed by atoms with Gasteiger partial charge in [0.1, 0.15) is 0 Å². The summed E-state index contributed by atoms with van der Waals surface area (Å²) in [5, 5.41) is 6.71. The zero-order valence-corrected chi connectivity index (χ0v) is 17.2. The lowest BCUT2D eigenvalue weighted by Gasteiger charge is -2.20. The van der Waals surface area contributed by atoms with Crippen LogP contribution in [0.15, 0.2) is 47.8 Å². The van der Waals surface area contributed by atoms with Gasteiger partial charge in [-0.1, -0.05) is 6.07 Å². The van der Waals surface area contributed by atoms with Crippen molar-refractivity contribution in [2.45, 2.75) is 19.8 Å². The SMILES string of the molecule is COC(=O)Cc1ccc2c(c1)NCC1=C(C=C(c3cc(OC)ncc3C)CC1=O)N2. The third kappa shape index (κ3) is 3.78. The van der Waals surface area contributed by atoms with Gasteiger partial charge in [0.05, 0.1) is 32.0 Å². The van der Waals surface area contributed by atoms with Crippen molar-refractivity contribution in [2.75, 3.05) is 31.4 Å². The summed E-state index contributed by atoms with van der Waals surface area (Å²) in [6, 6.07) is 7.56. The molecule has 1 aromatic heterocycles. The van der Waals surface area contributed by atoms with Crippen molar-refractivity contribution >= 4 is 28.7 Å². The van der Waals surface area contributed by atoms with Crippen molar-refractivity contribution in [1.82, 2.24) is 4.98 Å². The molecule has 0 fully saturated rings. The summed E-state index contributed by atoms with van der Waals surface area (Å²) in [6.07, 6.45) is 4.30. The average Bonchev–Trinajstić information content (AvgIpc) is 2.93. The topological polar surface area (TPSA) is 89.6 Å². The molecular formula is C23H23N3O4. The number of fused-ring (bicyclic) bond motifs is 1. The van der Waals surface area contributed by atoms with E-state index in [1.54, 1.807) is 13.3 Å². The zero-order valence-electron chi connectivity index (χ0n) is 17.2. The summed E-state index contributed by atoms with van der Waals surface area (Å²) in [5.41, 5.74) is 6.89. The Labute approximate surface area is 174 Å². The number of rotatable bonds is 4. The summed E-state index contributed by atoms with van der Waals surface area (Å²) in [4.78, 5) is 28.8. The van der Waals surface area contributed by atoms with E-state index in [-0.39, 0.29) is 18.2 Å². The summed E-state index contributed by atoms with van der Waals surface area (Å²) in [7, 11) is 2.95. The van der Waals surface area contributed by atoms with E-state index in [1.165, 1.54) is 7.11 Å². The zero-order chi connectivity index (χ0) is 21.3. The minimum absolute atomic E-state index is 0.0697. The van der Waals surface area contributed by atoms with Gasteiger partial charge >= 0.3 is 5.97 Å². The number of aromatic nitrogens is 1. The summed E-state index contributed by atoms with van der Waals surface area (Å²) in [6.45, 7) is 2.38. The lowest BCUT2D eigenvalue weighted by Crippen LogP contribution is -2.19. The van der Waals surface area contributed by atoms with Gasteiger partial charge in [0.15, 0.2) is 5.78 Å². The van der Waals surface area contributed by atoms with Crippen LogP contribution in [-0.4, -0.2) is 37.5 Å². The molecule has 2 heterocycles. The number of anilines is 2. The van der Waals surface area contributed by atoms with Gasteiger partial charge in [-0.15, -0.1) is 0 Å². The molecule has 0 radical (unpaired) electrons. The number of carbonyl (C=O) groups excluding carboxylic acids is 2. The van der Waals surface area contributed by atoms with Crippen LogP contribution in [0, 0.1) is 6.92 Å². The minimum atomic E-state index is -0.292. The van der Waals surface area contributed by atoms with Gasteiger partial charge in [-0.25, -0.2) is 4.98 Å². The monoisotopic (exact) mass is 405 g/mol. The van der Waals surface area contributed by atoms with Crippen LogP contribution >= 0.6 is 0 Å². The number of esters is 1. The van der Waals surface area contributed by atoms with E-state index in [2.05, 4.69) is 15.6 Å². The molecule has 0 atom stereocenters. The number of benzene rings is 1. The Morgan fingerprint density at radius 2 is 2.03 bits per heavy atom. The fraction of sp³-hybridized carbons (Fsp3) is 0.261. The number of hydrogen-bond acceptors (Lipinski definition) is 7. The number of pyridine rings is 1. The maximum atomic E-state index is 12.9. The van der Waals surface area contributed by atoms with E-state index in [9.17, 15) is 9.59 Å². The first-order chi connectivity index (χ1) is 14.5. The van der Waals surface area contributed by atoms with Crippen molar-refractivity contribution in [3.05, 3.63) is 64.5 Å². The van der Waals surface area contributed by atoms with E-state index < -0.39 is 0 Å². The molecule has 0 saturated heterocycles. The van der Waals surface area contributed by atoms with Crippen LogP contribution in [0.1, 0.15) is 23.1 Å². The highest BCUT2D eigenvalue weighted by Crippen LogP contribution is 2.35. The standard InChI is InChI=1S/C23H23N3O4/c1-13-11-25-22(29-2)10-16(13)15-8-19-17(21(27)9-15)12-24-20-6-14(7-23(28)30-3)4-5-18(20)26-19/h4-6,8,10-11,24,26H,7,9,12H2,1-3H3. The molecule has 1 aliphatic carbocycles. The number of ether oxygens (including phenoxy) is 2. The van der Waals surface area contributed by atoms with Crippen LogP contribution in [0.25, 0.3) is 5.57 Å². The molecule has 2 aliphatic rings. The van der Waals surface area contributed by atoms with Gasteiger partial charge in [0.2, 0.25) is 5.88 Å². The Bertz CT molecular complexity index is 1100. The molecule has 4 rings (SSSR count). The molecule has 0 saturated carbocycles. The molecule has 7 heteroatoms. The Morgan fingerprint density at radius 1 is 1.20 bits per heavy atom. The van der Waals surface area contributed by atoms with E-state index in [1.807, 2.05) is 37.3 Å². The number of nitrogens with zero attached hydrogens (tertiary/aromatic N) is 1. The number of Topliss-reactive ketones (excluding diaryl/α,β-unsaturated/α-hetero) is 1. The van der Waals surface area contributed by atoms with Crippen molar-refractivity contribution in [3.8, 4) is 5.88 Å². The number of nitrogens with one attached hydrogen (secondary N) is 2. The number of ketones is 1. The van der Waals surface area contributed by atoms with Crippen molar-refractivity contribution in [3.63, 3.8) is 0 Å². The predicted octanol–water partition coefficient (Wildman–Crippen LogP) is 3.26. The molecule has 1 aliphatic heterocycles. The van der Waals surface area contributed by atoms with Crippen LogP contribution in [-0.2, 0) is 20.7 Å². The first kappa shape index (κ1) is 19.7. The fourth-order valence-electron chi connectivity index (χ4n) is 3.71. The van der Waals surface area contributed by atoms with Crippen molar-refractivity contribution in [2.24, 2.45) is 0 Å². The van der Waals surface area contributed by atoms with E-state index >= 15 is 0 Å². The van der Waals surface area contributed by atoms with Crippen LogP contribution in [0.2, 0.25) is 0 Å². The van der Waals surface area contributed by atoms with Crippen LogP contribution in [0.3, 0.4) is 0 Å². The Balaban J connectivity index is 1.67. The first-order valence-electron chi connectivity index (χ1n) is 9.67. The molecule has 154 valence electrons. The van der Waals surface area contributed by atoms with Crippen LogP contribution in [0.4, 0.5) is 11.4 Å². The molecule has 30 heavy (non-hydrogen) atoms. The molecular weight excluding hydrogens is 382 g/mol. The quantitative estimate of drug-likeness (QED) is 0.755. The lowest BCUT2D eigenvalue weighted by atomic mass is 9.89. The Hall–Kier alpha value is -3.61. The number of carbonyl (C=O) groups is 2. The summed E-state index contributed by atoms with van der Waals surface area (Å²) in [5.74, 6) is 0.294. The highest BCUT2D eigenvalue weighted by atomic mass is 16.5. The van der Waals surface area contributed by atoms with Gasteiger partial charge in [-0.05, 0) is 47.4 Å². The van der Waals surface area contributed by atoms with Crippen molar-refractivity contribution < 1.29 is 19.1 Å². The highest BCUT2D eigenvalue weighted by molar-refractivity contribution is 6.07. The summed E-state index contributed by atoms with van der Waals surface area (Å²) < 4.78 is 10.00. The van der Waals surface area contributed by atoms with Crippen LogP contribution in [0.5, 0.6) is 5.88 Å². The van der Waals surface area contributed by atoms with E-state index in [0.29, 0.717) is 24.4 Å². The molecule has 0 unspecified atom stereocenters. The fourth-order valence-corrected chi connectivity index (χ4v) is 3.71. The third-order valence-corrected chi connectivity index (χ3v) is 5.35. The number of allylic oxidation sites excluding steroid dienone is 2. The maximum Gasteiger partial charge on any atom is 0.309 e. The normalized spacial score (nSPS) is 15.2. The molecule has 1 aromatic carbocycles. The molecule has 0 spiro atoms. The second-order valence-corrected chi connectivity index (χ2v) is 7.31. The van der Waals surface area contributed by atoms with Gasteiger partial charge in [0.25, 0.3) is 0 Å². The molecule has 0 amide bonds. The number of aryl methyl sites for hydroxylation is 1. The average molecular weight is 405 g/mol. The minimum Gasteiger partial charge on any atom is -0.481 e. The smallest absolute Gasteiger partial charge is 0.309 e. The molecule has 0 bridgehead atoms. The van der Waals surface area contributed by atoms with Gasteiger partial charge in [-0.3, -0.25) is 9.59 Å². The first-order valence-corrected chi connectivity index (χ1v) is 9.67. The molecule has 2 N–H and O–H groups in total. The Morgan fingerprint density at radius 3 is 2.80 bits per heavy atom. The van der Waals surface area contributed by atoms with Crippen LogP contribution < -0.4 is 15.4 Å². The van der Waals surface area contributed by atoms with Gasteiger partial charge in [-0.2, -0.15) is 0 Å². The molecule has 2 aromatic rings. The maximum absolute atomic E-state index is 12.9. The second-order valence-electron chi connectivity index (χ2n) is 7.31. The lowest BCUT2D eigenvalue weighted by molar-refractivity contribution is -0.139. The summed E-state index contributed by atoms with van der Waals surface area (Å²) >= 11 is 0. The predicted molar refractivity (Wildman–Crippen MR) is 114 cm³/mol. The highest BCUT2D eigenvalue weighted by Gasteiger charge is 2.26. The van der Waals surface area contributed by atoms with Gasteiger partial charge < -0.3 is 20.1 Å². The number of hydrogen-bond donors (Lipinski definition) is 2. The third-order valence-electron chi connectivity index (χ3n) is 5.35. The Kier molecular flexibility index (Phi) is 5.27. The van der Waals surface area contributed by atoms with Crippen molar-refractivity contribution in [1.29, 1.82) is 0 Å². The molecule has 7 nitrogen and oxygen atoms in total. The second kappa shape index (κ2) is 8.02. The van der Waals surface area contributed by atoms with Gasteiger partial charge in [0, 0.05) is 36.5 Å². The van der Waals surface area contributed by atoms with E-state index in [4.69, 9.17) is 9.47 Å². The largest absolute Gasteiger partial charge is 0.481 e.